The Morgan fingerprint density at radius 1 is 1.10 bits per heavy atom. The predicted octanol–water partition coefficient (Wildman–Crippen LogP) is 4.11. The zero-order valence-electron chi connectivity index (χ0n) is 11.7. The van der Waals surface area contributed by atoms with Crippen molar-refractivity contribution in [1.82, 2.24) is 5.16 Å². The van der Waals surface area contributed by atoms with Crippen molar-refractivity contribution in [2.75, 3.05) is 0 Å². The highest BCUT2D eigenvalue weighted by atomic mass is 16.5. The van der Waals surface area contributed by atoms with Crippen molar-refractivity contribution >= 4 is 0 Å². The third kappa shape index (κ3) is 2.70. The molecule has 0 aliphatic heterocycles. The molecule has 0 N–H and O–H groups in total. The molecule has 0 aliphatic rings. The first-order valence-electron chi connectivity index (χ1n) is 6.77. The number of rotatable bonds is 3. The fourth-order valence-corrected chi connectivity index (χ4v) is 2.44. The maximum absolute atomic E-state index is 9.04. The molecule has 0 bridgehead atoms. The molecule has 1 aromatic heterocycles. The molecule has 3 nitrogen and oxygen atoms in total. The van der Waals surface area contributed by atoms with Crippen molar-refractivity contribution in [2.45, 2.75) is 13.3 Å². The minimum atomic E-state index is 0.638. The number of hydrogen-bond donors (Lipinski definition) is 0. The van der Waals surface area contributed by atoms with Gasteiger partial charge in [-0.15, -0.1) is 0 Å². The van der Waals surface area contributed by atoms with Crippen LogP contribution in [-0.2, 0) is 6.42 Å². The van der Waals surface area contributed by atoms with Gasteiger partial charge in [-0.2, -0.15) is 5.26 Å². The molecule has 3 rings (SSSR count). The molecule has 0 unspecified atom stereocenters. The van der Waals surface area contributed by atoms with Gasteiger partial charge < -0.3 is 4.52 Å². The average molecular weight is 274 g/mol. The molecule has 1 heterocycles. The van der Waals surface area contributed by atoms with Crippen LogP contribution < -0.4 is 0 Å². The van der Waals surface area contributed by atoms with Gasteiger partial charge in [0.05, 0.1) is 17.3 Å². The van der Waals surface area contributed by atoms with Crippen LogP contribution in [0, 0.1) is 18.3 Å². The zero-order valence-corrected chi connectivity index (χ0v) is 11.7. The molecule has 0 saturated heterocycles. The Morgan fingerprint density at radius 3 is 2.67 bits per heavy atom. The fourth-order valence-electron chi connectivity index (χ4n) is 2.44. The smallest absolute Gasteiger partial charge is 0.141 e. The van der Waals surface area contributed by atoms with Crippen molar-refractivity contribution in [3.63, 3.8) is 0 Å². The summed E-state index contributed by atoms with van der Waals surface area (Å²) in [6, 6.07) is 19.9. The van der Waals surface area contributed by atoms with Gasteiger partial charge >= 0.3 is 0 Å². The van der Waals surface area contributed by atoms with E-state index in [0.29, 0.717) is 12.0 Å². The number of aryl methyl sites for hydroxylation is 1. The minimum Gasteiger partial charge on any atom is -0.361 e. The standard InChI is InChI=1S/C18H14N2O/c1-13-18(16-9-5-8-15(10-16)12-19)17(20-21-13)11-14-6-3-2-4-7-14/h2-10H,11H2,1H3. The predicted molar refractivity (Wildman–Crippen MR) is 80.6 cm³/mol. The summed E-state index contributed by atoms with van der Waals surface area (Å²) in [5.74, 6) is 0.774. The summed E-state index contributed by atoms with van der Waals surface area (Å²) < 4.78 is 5.36. The van der Waals surface area contributed by atoms with Gasteiger partial charge in [-0.1, -0.05) is 47.6 Å². The van der Waals surface area contributed by atoms with Gasteiger partial charge in [0.2, 0.25) is 0 Å². The third-order valence-corrected chi connectivity index (χ3v) is 3.43. The summed E-state index contributed by atoms with van der Waals surface area (Å²) in [6.07, 6.45) is 0.713. The van der Waals surface area contributed by atoms with E-state index in [2.05, 4.69) is 23.4 Å². The van der Waals surface area contributed by atoms with E-state index in [1.54, 1.807) is 6.07 Å². The van der Waals surface area contributed by atoms with Crippen LogP contribution in [0.25, 0.3) is 11.1 Å². The van der Waals surface area contributed by atoms with E-state index in [0.717, 1.165) is 22.6 Å². The highest BCUT2D eigenvalue weighted by Gasteiger charge is 2.15. The molecular weight excluding hydrogens is 260 g/mol. The van der Waals surface area contributed by atoms with E-state index in [9.17, 15) is 0 Å². The van der Waals surface area contributed by atoms with Crippen molar-refractivity contribution < 1.29 is 4.52 Å². The van der Waals surface area contributed by atoms with E-state index in [-0.39, 0.29) is 0 Å². The van der Waals surface area contributed by atoms with Crippen molar-refractivity contribution in [3.05, 3.63) is 77.2 Å². The maximum atomic E-state index is 9.04. The SMILES string of the molecule is Cc1onc(Cc2ccccc2)c1-c1cccc(C#N)c1. The lowest BCUT2D eigenvalue weighted by atomic mass is 9.98. The largest absolute Gasteiger partial charge is 0.361 e. The van der Waals surface area contributed by atoms with Crippen molar-refractivity contribution in [1.29, 1.82) is 5.26 Å². The van der Waals surface area contributed by atoms with Crippen LogP contribution in [0.5, 0.6) is 0 Å². The fraction of sp³-hybridized carbons (Fsp3) is 0.111. The van der Waals surface area contributed by atoms with Crippen molar-refractivity contribution in [3.8, 4) is 17.2 Å². The zero-order chi connectivity index (χ0) is 14.7. The topological polar surface area (TPSA) is 49.8 Å². The Kier molecular flexibility index (Phi) is 3.53. The summed E-state index contributed by atoms with van der Waals surface area (Å²) in [6.45, 7) is 1.90. The van der Waals surface area contributed by atoms with Crippen LogP contribution in [0.2, 0.25) is 0 Å². The number of nitrogens with zero attached hydrogens (tertiary/aromatic N) is 2. The summed E-state index contributed by atoms with van der Waals surface area (Å²) in [7, 11) is 0. The molecule has 0 radical (unpaired) electrons. The second-order valence-electron chi connectivity index (χ2n) is 4.92. The second kappa shape index (κ2) is 5.64. The number of nitriles is 1. The van der Waals surface area contributed by atoms with Gasteiger partial charge in [-0.25, -0.2) is 0 Å². The first kappa shape index (κ1) is 13.1. The van der Waals surface area contributed by atoms with Crippen LogP contribution in [0.15, 0.2) is 59.1 Å². The molecule has 0 fully saturated rings. The Morgan fingerprint density at radius 2 is 1.90 bits per heavy atom. The number of hydrogen-bond acceptors (Lipinski definition) is 3. The lowest BCUT2D eigenvalue weighted by molar-refractivity contribution is 0.392. The molecule has 3 heteroatoms. The average Bonchev–Trinajstić information content (AvgIpc) is 2.89. The quantitative estimate of drug-likeness (QED) is 0.722. The molecule has 3 aromatic rings. The maximum Gasteiger partial charge on any atom is 0.141 e. The van der Waals surface area contributed by atoms with Gasteiger partial charge in [0.15, 0.2) is 0 Å². The lowest BCUT2D eigenvalue weighted by Crippen LogP contribution is -1.92. The Hall–Kier alpha value is -2.86. The first-order chi connectivity index (χ1) is 10.3. The summed E-state index contributed by atoms with van der Waals surface area (Å²) >= 11 is 0. The van der Waals surface area contributed by atoms with Crippen LogP contribution in [0.3, 0.4) is 0 Å². The van der Waals surface area contributed by atoms with E-state index in [1.807, 2.05) is 43.3 Å². The van der Waals surface area contributed by atoms with E-state index in [4.69, 9.17) is 9.78 Å². The van der Waals surface area contributed by atoms with Gasteiger partial charge in [0.1, 0.15) is 5.76 Å². The number of aromatic nitrogens is 1. The van der Waals surface area contributed by atoms with Crippen molar-refractivity contribution in [2.24, 2.45) is 0 Å². The van der Waals surface area contributed by atoms with Gasteiger partial charge in [-0.05, 0) is 30.2 Å². The third-order valence-electron chi connectivity index (χ3n) is 3.43. The van der Waals surface area contributed by atoms with Crippen LogP contribution in [0.1, 0.15) is 22.6 Å². The van der Waals surface area contributed by atoms with Crippen LogP contribution in [-0.4, -0.2) is 5.16 Å². The van der Waals surface area contributed by atoms with Crippen LogP contribution >= 0.6 is 0 Å². The van der Waals surface area contributed by atoms with E-state index < -0.39 is 0 Å². The molecule has 0 atom stereocenters. The summed E-state index contributed by atoms with van der Waals surface area (Å²) in [4.78, 5) is 0. The number of benzene rings is 2. The Labute approximate surface area is 123 Å². The van der Waals surface area contributed by atoms with Gasteiger partial charge in [-0.3, -0.25) is 0 Å². The summed E-state index contributed by atoms with van der Waals surface area (Å²) in [5, 5.41) is 13.2. The van der Waals surface area contributed by atoms with E-state index in [1.165, 1.54) is 5.56 Å². The molecular formula is C18H14N2O. The lowest BCUT2D eigenvalue weighted by Gasteiger charge is -2.04. The van der Waals surface area contributed by atoms with Gasteiger partial charge in [0.25, 0.3) is 0 Å². The molecule has 0 amide bonds. The molecule has 21 heavy (non-hydrogen) atoms. The first-order valence-corrected chi connectivity index (χ1v) is 6.77. The molecule has 102 valence electrons. The van der Waals surface area contributed by atoms with E-state index >= 15 is 0 Å². The Balaban J connectivity index is 2.03. The highest BCUT2D eigenvalue weighted by Crippen LogP contribution is 2.29. The van der Waals surface area contributed by atoms with Gasteiger partial charge in [0, 0.05) is 12.0 Å². The Bertz CT molecular complexity index is 798. The molecule has 0 spiro atoms. The monoisotopic (exact) mass is 274 g/mol. The molecule has 2 aromatic carbocycles. The normalized spacial score (nSPS) is 10.3. The van der Waals surface area contributed by atoms with Crippen LogP contribution in [0.4, 0.5) is 0 Å². The highest BCUT2D eigenvalue weighted by molar-refractivity contribution is 5.69. The minimum absolute atomic E-state index is 0.638. The summed E-state index contributed by atoms with van der Waals surface area (Å²) in [5.41, 5.74) is 4.67. The second-order valence-corrected chi connectivity index (χ2v) is 4.92. The molecule has 0 saturated carbocycles. The molecule has 0 aliphatic carbocycles.